The molecule has 1 heterocycles. The molecule has 2 aromatic carbocycles. The van der Waals surface area contributed by atoms with E-state index in [2.05, 4.69) is 5.32 Å². The van der Waals surface area contributed by atoms with Crippen LogP contribution in [0.1, 0.15) is 25.0 Å². The Morgan fingerprint density at radius 1 is 1.12 bits per heavy atom. The van der Waals surface area contributed by atoms with Crippen LogP contribution >= 0.6 is 11.3 Å². The second-order valence-electron chi connectivity index (χ2n) is 7.31. The predicted octanol–water partition coefficient (Wildman–Crippen LogP) is 3.21. The number of benzene rings is 2. The molecule has 0 radical (unpaired) electrons. The van der Waals surface area contributed by atoms with Gasteiger partial charge in [0.2, 0.25) is 11.4 Å². The number of Topliss-reactive ketones (excluding diaryl/α,β-unsaturated/α-hetero) is 1. The third-order valence-electron chi connectivity index (χ3n) is 4.95. The van der Waals surface area contributed by atoms with Gasteiger partial charge in [0.25, 0.3) is 0 Å². The first-order chi connectivity index (χ1) is 15.1. The zero-order valence-corrected chi connectivity index (χ0v) is 18.3. The molecule has 1 amide bonds. The lowest BCUT2D eigenvalue weighted by Crippen LogP contribution is -2.59. The predicted molar refractivity (Wildman–Crippen MR) is 117 cm³/mol. The lowest BCUT2D eigenvalue weighted by molar-refractivity contribution is -0.155. The highest BCUT2D eigenvalue weighted by molar-refractivity contribution is 7.17. The highest BCUT2D eigenvalue weighted by atomic mass is 32.1. The van der Waals surface area contributed by atoms with Gasteiger partial charge in [-0.2, -0.15) is 0 Å². The summed E-state index contributed by atoms with van der Waals surface area (Å²) in [4.78, 5) is 38.5. The number of nitrogens with one attached hydrogen (secondary N) is 1. The standard InChI is InChI=1S/C23H22F2N2O4S/c1-3-31-22(30)23(26,16-4-5-19-15(11-16)6-7-32-19)21(29)13(2)27-20(28)10-14-8-17(24)12-18(25)9-14/h4-9,11-13H,3,10,26H2,1-2H3,(H,27,28)/t13-,23?/m0/s1. The summed E-state index contributed by atoms with van der Waals surface area (Å²) in [6.45, 7) is 2.99. The van der Waals surface area contributed by atoms with Crippen molar-refractivity contribution in [3.63, 3.8) is 0 Å². The Hall–Kier alpha value is -3.17. The quantitative estimate of drug-likeness (QED) is 0.397. The van der Waals surface area contributed by atoms with Crippen molar-refractivity contribution in [3.05, 3.63) is 70.6 Å². The van der Waals surface area contributed by atoms with E-state index in [0.717, 1.165) is 22.2 Å². The lowest BCUT2D eigenvalue weighted by Gasteiger charge is -2.29. The fourth-order valence-corrected chi connectivity index (χ4v) is 4.19. The molecule has 0 saturated carbocycles. The molecule has 6 nitrogen and oxygen atoms in total. The summed E-state index contributed by atoms with van der Waals surface area (Å²) in [6.07, 6.45) is -0.357. The van der Waals surface area contributed by atoms with E-state index in [9.17, 15) is 23.2 Å². The molecule has 0 fully saturated rings. The van der Waals surface area contributed by atoms with E-state index in [4.69, 9.17) is 10.5 Å². The van der Waals surface area contributed by atoms with Gasteiger partial charge in [-0.1, -0.05) is 6.07 Å². The summed E-state index contributed by atoms with van der Waals surface area (Å²) >= 11 is 1.50. The van der Waals surface area contributed by atoms with Crippen molar-refractivity contribution < 1.29 is 27.9 Å². The number of hydrogen-bond donors (Lipinski definition) is 2. The van der Waals surface area contributed by atoms with Crippen molar-refractivity contribution in [2.24, 2.45) is 5.73 Å². The second-order valence-corrected chi connectivity index (χ2v) is 8.26. The monoisotopic (exact) mass is 460 g/mol. The van der Waals surface area contributed by atoms with Crippen molar-refractivity contribution in [1.29, 1.82) is 0 Å². The Labute approximate surface area is 187 Å². The molecule has 0 saturated heterocycles. The molecule has 0 bridgehead atoms. The first kappa shape index (κ1) is 23.5. The molecule has 0 aliphatic heterocycles. The molecule has 3 N–H and O–H groups in total. The van der Waals surface area contributed by atoms with E-state index in [1.165, 1.54) is 18.3 Å². The van der Waals surface area contributed by atoms with Gasteiger partial charge in [-0.15, -0.1) is 11.3 Å². The van der Waals surface area contributed by atoms with Crippen LogP contribution < -0.4 is 11.1 Å². The van der Waals surface area contributed by atoms with Crippen molar-refractivity contribution in [1.82, 2.24) is 5.32 Å². The summed E-state index contributed by atoms with van der Waals surface area (Å²) in [5, 5.41) is 5.13. The largest absolute Gasteiger partial charge is 0.464 e. The van der Waals surface area contributed by atoms with Crippen LogP contribution in [0.4, 0.5) is 8.78 Å². The van der Waals surface area contributed by atoms with Crippen molar-refractivity contribution in [2.75, 3.05) is 6.61 Å². The van der Waals surface area contributed by atoms with Gasteiger partial charge in [0.05, 0.1) is 19.1 Å². The number of halogens is 2. The van der Waals surface area contributed by atoms with E-state index >= 15 is 0 Å². The Balaban J connectivity index is 1.85. The Bertz CT molecular complexity index is 1160. The molecule has 3 aromatic rings. The molecule has 0 aliphatic carbocycles. The number of fused-ring (bicyclic) bond motifs is 1. The number of carbonyl (C=O) groups excluding carboxylic acids is 3. The van der Waals surface area contributed by atoms with Gasteiger partial charge in [0.1, 0.15) is 11.6 Å². The minimum absolute atomic E-state index is 0.0115. The van der Waals surface area contributed by atoms with Crippen LogP contribution in [-0.4, -0.2) is 30.3 Å². The number of ketones is 1. The third kappa shape index (κ3) is 4.84. The molecule has 0 spiro atoms. The van der Waals surface area contributed by atoms with E-state index < -0.39 is 40.9 Å². The molecule has 168 valence electrons. The zero-order valence-electron chi connectivity index (χ0n) is 17.5. The van der Waals surface area contributed by atoms with Crippen LogP contribution in [0.3, 0.4) is 0 Å². The number of hydrogen-bond acceptors (Lipinski definition) is 6. The first-order valence-corrected chi connectivity index (χ1v) is 10.8. The molecule has 32 heavy (non-hydrogen) atoms. The van der Waals surface area contributed by atoms with Gasteiger partial charge < -0.3 is 15.8 Å². The highest BCUT2D eigenvalue weighted by Crippen LogP contribution is 2.29. The smallest absolute Gasteiger partial charge is 0.338 e. The summed E-state index contributed by atoms with van der Waals surface area (Å²) in [5.41, 5.74) is 4.54. The summed E-state index contributed by atoms with van der Waals surface area (Å²) in [7, 11) is 0. The SMILES string of the molecule is CCOC(=O)C(N)(C(=O)[C@H](C)NC(=O)Cc1cc(F)cc(F)c1)c1ccc2sccc2c1. The van der Waals surface area contributed by atoms with Gasteiger partial charge in [-0.3, -0.25) is 9.59 Å². The van der Waals surface area contributed by atoms with Crippen LogP contribution in [0.5, 0.6) is 0 Å². The van der Waals surface area contributed by atoms with E-state index in [1.807, 2.05) is 11.4 Å². The lowest BCUT2D eigenvalue weighted by atomic mass is 9.83. The number of carbonyl (C=O) groups is 3. The highest BCUT2D eigenvalue weighted by Gasteiger charge is 2.47. The molecule has 1 unspecified atom stereocenters. The number of ether oxygens (including phenoxy) is 1. The molecule has 0 aliphatic rings. The number of amides is 1. The first-order valence-electron chi connectivity index (χ1n) is 9.87. The maximum Gasteiger partial charge on any atom is 0.338 e. The molecule has 9 heteroatoms. The van der Waals surface area contributed by atoms with Crippen molar-refractivity contribution >= 4 is 39.1 Å². The van der Waals surface area contributed by atoms with Gasteiger partial charge in [-0.05, 0) is 66.1 Å². The van der Waals surface area contributed by atoms with Crippen LogP contribution in [0.15, 0.2) is 47.8 Å². The van der Waals surface area contributed by atoms with Crippen LogP contribution in [-0.2, 0) is 31.1 Å². The second kappa shape index (κ2) is 9.54. The van der Waals surface area contributed by atoms with Crippen LogP contribution in [0, 0.1) is 11.6 Å². The number of esters is 1. The molecular weight excluding hydrogens is 438 g/mol. The topological polar surface area (TPSA) is 98.5 Å². The summed E-state index contributed by atoms with van der Waals surface area (Å²) in [6, 6.07) is 8.39. The Kier molecular flexibility index (Phi) is 7.00. The van der Waals surface area contributed by atoms with Gasteiger partial charge in [0, 0.05) is 10.8 Å². The average Bonchev–Trinajstić information content (AvgIpc) is 3.19. The normalized spacial score (nSPS) is 13.9. The van der Waals surface area contributed by atoms with Crippen LogP contribution in [0.25, 0.3) is 10.1 Å². The molecule has 1 aromatic heterocycles. The summed E-state index contributed by atoms with van der Waals surface area (Å²) in [5.74, 6) is -4.00. The van der Waals surface area contributed by atoms with Gasteiger partial charge in [0.15, 0.2) is 5.78 Å². The minimum Gasteiger partial charge on any atom is -0.464 e. The zero-order chi connectivity index (χ0) is 23.5. The number of thiophene rings is 1. The van der Waals surface area contributed by atoms with Crippen LogP contribution in [0.2, 0.25) is 0 Å². The average molecular weight is 461 g/mol. The molecular formula is C23H22F2N2O4S. The summed E-state index contributed by atoms with van der Waals surface area (Å²) < 4.78 is 32.8. The third-order valence-corrected chi connectivity index (χ3v) is 5.85. The van der Waals surface area contributed by atoms with E-state index in [-0.39, 0.29) is 24.2 Å². The van der Waals surface area contributed by atoms with Gasteiger partial charge >= 0.3 is 5.97 Å². The molecule has 3 rings (SSSR count). The Morgan fingerprint density at radius 2 is 1.81 bits per heavy atom. The van der Waals surface area contributed by atoms with Crippen molar-refractivity contribution in [2.45, 2.75) is 31.8 Å². The Morgan fingerprint density at radius 3 is 2.47 bits per heavy atom. The van der Waals surface area contributed by atoms with Gasteiger partial charge in [-0.25, -0.2) is 13.6 Å². The van der Waals surface area contributed by atoms with E-state index in [0.29, 0.717) is 6.07 Å². The number of nitrogens with two attached hydrogens (primary N) is 1. The maximum atomic E-state index is 13.4. The fourth-order valence-electron chi connectivity index (χ4n) is 3.42. The number of rotatable bonds is 8. The maximum absolute atomic E-state index is 13.4. The molecule has 2 atom stereocenters. The minimum atomic E-state index is -2.15. The van der Waals surface area contributed by atoms with E-state index in [1.54, 1.807) is 25.1 Å². The van der Waals surface area contributed by atoms with Crippen molar-refractivity contribution in [3.8, 4) is 0 Å². The fraction of sp³-hybridized carbons (Fsp3) is 0.261.